The number of ketones is 1. The van der Waals surface area contributed by atoms with Crippen LogP contribution in [0, 0.1) is 13.8 Å². The molecule has 2 aliphatic heterocycles. The number of hydrogen-bond donors (Lipinski definition) is 2. The van der Waals surface area contributed by atoms with Crippen LogP contribution in [0.5, 0.6) is 0 Å². The van der Waals surface area contributed by atoms with Gasteiger partial charge in [-0.3, -0.25) is 14.6 Å². The van der Waals surface area contributed by atoms with Crippen LogP contribution in [0.15, 0.2) is 18.2 Å². The average Bonchev–Trinajstić information content (AvgIpc) is 3.65. The van der Waals surface area contributed by atoms with E-state index in [4.69, 9.17) is 19.9 Å². The number of carbonyl (C=O) groups excluding carboxylic acids is 1. The SMILES string of the molecule is CCC1=C(C)c2cc3[n-]c(cc4nc(c5c6[n-]c(cc1n2)c(C)c6C(=O)C5)[C@@H](CCC(=O)O)[C@@H]4C)c(C)c3C(C)O.[Mg+2]. The third-order valence-electron chi connectivity index (χ3n) is 9.07. The van der Waals surface area contributed by atoms with Gasteiger partial charge in [0.15, 0.2) is 5.78 Å². The number of aliphatic hydroxyl groups is 1. The van der Waals surface area contributed by atoms with E-state index >= 15 is 0 Å². The number of rotatable bonds is 5. The van der Waals surface area contributed by atoms with Crippen LogP contribution >= 0.6 is 0 Å². The Morgan fingerprint density at radius 2 is 1.74 bits per heavy atom. The first-order chi connectivity index (χ1) is 19.5. The molecule has 2 N–H and O–H groups in total. The Morgan fingerprint density at radius 3 is 2.40 bits per heavy atom. The van der Waals surface area contributed by atoms with E-state index in [-0.39, 0.29) is 53.5 Å². The number of nitrogens with zero attached hydrogens (tertiary/aromatic N) is 4. The molecule has 0 amide bonds. The fourth-order valence-electron chi connectivity index (χ4n) is 6.81. The summed E-state index contributed by atoms with van der Waals surface area (Å²) in [4.78, 5) is 44.9. The molecule has 0 fully saturated rings. The van der Waals surface area contributed by atoms with Crippen LogP contribution in [0.3, 0.4) is 0 Å². The number of aliphatic hydroxyl groups excluding tert-OH is 1. The van der Waals surface area contributed by atoms with E-state index < -0.39 is 12.1 Å². The molecule has 3 aromatic rings. The van der Waals surface area contributed by atoms with Crippen LogP contribution in [0.1, 0.15) is 120 Å². The van der Waals surface area contributed by atoms with Gasteiger partial charge in [-0.25, -0.2) is 4.98 Å². The number of aliphatic carboxylic acids is 1. The molecule has 3 atom stereocenters. The summed E-state index contributed by atoms with van der Waals surface area (Å²) in [7, 11) is 0. The van der Waals surface area contributed by atoms with Gasteiger partial charge < -0.3 is 20.2 Å². The Morgan fingerprint density at radius 1 is 1.05 bits per heavy atom. The fourth-order valence-corrected chi connectivity index (χ4v) is 6.81. The summed E-state index contributed by atoms with van der Waals surface area (Å²) in [5.74, 6) is -1.10. The number of Topliss-reactive ketones (excluding diaryl/α,β-unsaturated/α-hetero) is 1. The van der Waals surface area contributed by atoms with Crippen molar-refractivity contribution >= 4 is 68.0 Å². The molecule has 5 heterocycles. The molecule has 0 saturated carbocycles. The second-order valence-corrected chi connectivity index (χ2v) is 11.5. The third-order valence-corrected chi connectivity index (χ3v) is 9.07. The smallest absolute Gasteiger partial charge is 0.657 e. The summed E-state index contributed by atoms with van der Waals surface area (Å²) >= 11 is 0. The van der Waals surface area contributed by atoms with Crippen LogP contribution in [0.4, 0.5) is 0 Å². The Kier molecular flexibility index (Phi) is 7.98. The quantitative estimate of drug-likeness (QED) is 0.372. The molecule has 42 heavy (non-hydrogen) atoms. The third kappa shape index (κ3) is 4.71. The second kappa shape index (κ2) is 11.1. The molecular weight excluding hydrogens is 541 g/mol. The Labute approximate surface area is 260 Å². The van der Waals surface area contributed by atoms with E-state index in [1.165, 1.54) is 0 Å². The van der Waals surface area contributed by atoms with Crippen LogP contribution in [0.2, 0.25) is 0 Å². The van der Waals surface area contributed by atoms with Crippen molar-refractivity contribution in [3.63, 3.8) is 0 Å². The number of hydrogen-bond acceptors (Lipinski definition) is 5. The topological polar surface area (TPSA) is 129 Å². The number of carboxylic acid groups (broad SMARTS) is 1. The molecule has 0 spiro atoms. The molecule has 212 valence electrons. The van der Waals surface area contributed by atoms with Gasteiger partial charge in [-0.15, -0.1) is 22.1 Å². The normalized spacial score (nSPS) is 18.4. The molecule has 0 saturated heterocycles. The molecule has 3 aliphatic rings. The van der Waals surface area contributed by atoms with Gasteiger partial charge in [0.25, 0.3) is 0 Å². The number of fused-ring (bicyclic) bond motifs is 8. The molecule has 3 aromatic heterocycles. The minimum atomic E-state index is -0.863. The first-order valence-corrected chi connectivity index (χ1v) is 14.3. The van der Waals surface area contributed by atoms with Gasteiger partial charge >= 0.3 is 29.0 Å². The fraction of sp³-hybridized carbons (Fsp3) is 0.394. The Bertz CT molecular complexity index is 1850. The van der Waals surface area contributed by atoms with Crippen LogP contribution in [-0.2, 0) is 11.2 Å². The van der Waals surface area contributed by atoms with Crippen molar-refractivity contribution in [1.29, 1.82) is 0 Å². The number of allylic oxidation sites excluding steroid dienone is 2. The maximum Gasteiger partial charge on any atom is 2.00 e. The van der Waals surface area contributed by atoms with Crippen molar-refractivity contribution in [2.45, 2.75) is 85.2 Å². The molecule has 6 rings (SSSR count). The van der Waals surface area contributed by atoms with Crippen molar-refractivity contribution in [2.24, 2.45) is 0 Å². The number of aromatic nitrogens is 4. The predicted molar refractivity (Wildman–Crippen MR) is 164 cm³/mol. The van der Waals surface area contributed by atoms with Crippen LogP contribution in [0.25, 0.3) is 33.2 Å². The Hall–Kier alpha value is -3.27. The van der Waals surface area contributed by atoms with Crippen molar-refractivity contribution in [3.8, 4) is 0 Å². The first-order valence-electron chi connectivity index (χ1n) is 14.3. The van der Waals surface area contributed by atoms with Gasteiger partial charge in [0, 0.05) is 41.6 Å². The number of carbonyl (C=O) groups is 2. The number of carboxylic acids is 1. The van der Waals surface area contributed by atoms with E-state index in [9.17, 15) is 19.8 Å². The van der Waals surface area contributed by atoms with Crippen molar-refractivity contribution in [3.05, 3.63) is 68.8 Å². The summed E-state index contributed by atoms with van der Waals surface area (Å²) < 4.78 is 0. The molecule has 0 aromatic carbocycles. The van der Waals surface area contributed by atoms with Crippen molar-refractivity contribution in [1.82, 2.24) is 19.9 Å². The summed E-state index contributed by atoms with van der Waals surface area (Å²) in [6.07, 6.45) is 0.666. The Balaban J connectivity index is 0.00000353. The molecule has 1 aliphatic carbocycles. The second-order valence-electron chi connectivity index (χ2n) is 11.5. The van der Waals surface area contributed by atoms with Crippen molar-refractivity contribution in [2.75, 3.05) is 0 Å². The zero-order chi connectivity index (χ0) is 29.3. The van der Waals surface area contributed by atoms with E-state index in [2.05, 4.69) is 20.8 Å². The van der Waals surface area contributed by atoms with Gasteiger partial charge in [-0.05, 0) is 62.8 Å². The van der Waals surface area contributed by atoms with Gasteiger partial charge in [-0.2, -0.15) is 0 Å². The van der Waals surface area contributed by atoms with Gasteiger partial charge in [0.2, 0.25) is 0 Å². The van der Waals surface area contributed by atoms with Gasteiger partial charge in [-0.1, -0.05) is 43.2 Å². The summed E-state index contributed by atoms with van der Waals surface area (Å²) in [6, 6.07) is 5.85. The molecule has 1 unspecified atom stereocenters. The summed E-state index contributed by atoms with van der Waals surface area (Å²) in [6.45, 7) is 11.8. The minimum Gasteiger partial charge on any atom is -0.657 e. The molecule has 8 bridgehead atoms. The maximum absolute atomic E-state index is 13.4. The van der Waals surface area contributed by atoms with Gasteiger partial charge in [0.05, 0.1) is 17.5 Å². The monoisotopic (exact) mass is 574 g/mol. The number of aryl methyl sites for hydroxylation is 2. The zero-order valence-electron chi connectivity index (χ0n) is 25.0. The van der Waals surface area contributed by atoms with E-state index in [1.807, 2.05) is 32.0 Å². The average molecular weight is 575 g/mol. The zero-order valence-corrected chi connectivity index (χ0v) is 26.4. The van der Waals surface area contributed by atoms with Crippen molar-refractivity contribution < 1.29 is 19.8 Å². The van der Waals surface area contributed by atoms with Crippen LogP contribution in [-0.4, -0.2) is 55.0 Å². The minimum absolute atomic E-state index is 0. The molecule has 0 radical (unpaired) electrons. The molecule has 9 heteroatoms. The maximum atomic E-state index is 13.4. The molecular formula is C33H34MgN4O4. The summed E-state index contributed by atoms with van der Waals surface area (Å²) in [5.41, 5.74) is 11.9. The van der Waals surface area contributed by atoms with Gasteiger partial charge in [0.1, 0.15) is 0 Å². The summed E-state index contributed by atoms with van der Waals surface area (Å²) in [5, 5.41) is 20.2. The predicted octanol–water partition coefficient (Wildman–Crippen LogP) is 5.69. The standard InChI is InChI=1S/C33H36N4O4.Mg/c1-7-19-14(2)22-13-27-30(18(6)38)16(4)24(35-27)11-23-15(3)20(8-9-29(40)41)32(36-23)21-10-28(39)31-17(5)25(37-33(21)31)12-26(19)34-22;/h11-13,15,18,20,38H,7-10H2,1-6H3,(H3,34,35,36,37,39,40,41);/q;+2/p-2/t15-,18?,20-;/m0./s1. The van der Waals surface area contributed by atoms with E-state index in [0.717, 1.165) is 62.6 Å². The first kappa shape index (κ1) is 30.2. The molecule has 8 nitrogen and oxygen atoms in total. The van der Waals surface area contributed by atoms with E-state index in [1.54, 1.807) is 6.92 Å². The van der Waals surface area contributed by atoms with Crippen LogP contribution < -0.4 is 9.97 Å². The van der Waals surface area contributed by atoms with E-state index in [0.29, 0.717) is 34.1 Å². The largest absolute Gasteiger partial charge is 2.00 e.